The van der Waals surface area contributed by atoms with Gasteiger partial charge in [0.05, 0.1) is 0 Å². The van der Waals surface area contributed by atoms with Gasteiger partial charge < -0.3 is 10.2 Å². The lowest BCUT2D eigenvalue weighted by molar-refractivity contribution is 0.176. The second kappa shape index (κ2) is 6.48. The minimum Gasteiger partial charge on any atom is -0.307 e. The van der Waals surface area contributed by atoms with Gasteiger partial charge in [0, 0.05) is 25.3 Å². The number of nitrogens with zero attached hydrogens (tertiary/aromatic N) is 1. The van der Waals surface area contributed by atoms with Crippen molar-refractivity contribution in [3.05, 3.63) is 28.3 Å². The number of benzene rings is 1. The summed E-state index contributed by atoms with van der Waals surface area (Å²) in [6.45, 7) is 2.07. The molecular weight excluding hydrogens is 362 g/mol. The number of nitrogens with one attached hydrogen (secondary N) is 2. The summed E-state index contributed by atoms with van der Waals surface area (Å²) in [6, 6.07) is 1.69. The molecule has 4 aliphatic rings. The highest BCUT2D eigenvalue weighted by Gasteiger charge is 2.40. The number of amides is 2. The second-order valence-corrected chi connectivity index (χ2v) is 10.6. The summed E-state index contributed by atoms with van der Waals surface area (Å²) >= 11 is 0. The second-order valence-electron chi connectivity index (χ2n) is 8.62. The van der Waals surface area contributed by atoms with Gasteiger partial charge in [-0.2, -0.15) is 0 Å². The highest BCUT2D eigenvalue weighted by Crippen LogP contribution is 2.38. The quantitative estimate of drug-likeness (QED) is 0.809. The van der Waals surface area contributed by atoms with Crippen molar-refractivity contribution in [2.75, 3.05) is 25.0 Å². The van der Waals surface area contributed by atoms with Gasteiger partial charge in [0.2, 0.25) is 10.0 Å². The highest BCUT2D eigenvalue weighted by molar-refractivity contribution is 7.90. The van der Waals surface area contributed by atoms with E-state index in [0.717, 1.165) is 56.7 Å². The van der Waals surface area contributed by atoms with E-state index in [1.54, 1.807) is 0 Å². The molecule has 1 heterocycles. The van der Waals surface area contributed by atoms with Crippen molar-refractivity contribution in [3.63, 3.8) is 0 Å². The topological polar surface area (TPSA) is 78.5 Å². The van der Waals surface area contributed by atoms with Crippen LogP contribution in [0.3, 0.4) is 0 Å². The zero-order valence-corrected chi connectivity index (χ0v) is 16.4. The predicted octanol–water partition coefficient (Wildman–Crippen LogP) is 2.21. The third-order valence-electron chi connectivity index (χ3n) is 6.52. The predicted molar refractivity (Wildman–Crippen MR) is 105 cm³/mol. The van der Waals surface area contributed by atoms with Gasteiger partial charge in [-0.15, -0.1) is 0 Å². The summed E-state index contributed by atoms with van der Waals surface area (Å²) in [5.74, 6) is 0.757. The molecule has 1 aromatic carbocycles. The standard InChI is InChI=1S/C20H27N3O3S/c24-20(22-27(25,26)16-11-23(12-16)10-13-7-8-13)21-19-17-5-1-3-14(17)9-15-4-2-6-18(15)19/h9,13,16H,1-8,10-12H2,(H2,21,22,24). The Labute approximate surface area is 160 Å². The Hall–Kier alpha value is -1.60. The number of rotatable bonds is 5. The fourth-order valence-corrected chi connectivity index (χ4v) is 6.14. The van der Waals surface area contributed by atoms with E-state index in [-0.39, 0.29) is 0 Å². The zero-order chi connectivity index (χ0) is 18.6. The summed E-state index contributed by atoms with van der Waals surface area (Å²) in [5, 5.41) is 2.43. The highest BCUT2D eigenvalue weighted by atomic mass is 32.2. The number of sulfonamides is 1. The molecule has 5 rings (SSSR count). The number of aryl methyl sites for hydroxylation is 2. The van der Waals surface area contributed by atoms with E-state index in [0.29, 0.717) is 13.1 Å². The van der Waals surface area contributed by atoms with Gasteiger partial charge in [0.1, 0.15) is 5.25 Å². The molecule has 2 fully saturated rings. The number of hydrogen-bond acceptors (Lipinski definition) is 4. The van der Waals surface area contributed by atoms with Crippen molar-refractivity contribution in [1.82, 2.24) is 9.62 Å². The molecule has 1 aliphatic heterocycles. The van der Waals surface area contributed by atoms with Crippen LogP contribution >= 0.6 is 0 Å². The van der Waals surface area contributed by atoms with E-state index in [1.807, 2.05) is 0 Å². The normalized spacial score (nSPS) is 22.2. The van der Waals surface area contributed by atoms with E-state index in [2.05, 4.69) is 21.0 Å². The van der Waals surface area contributed by atoms with Gasteiger partial charge >= 0.3 is 6.03 Å². The maximum Gasteiger partial charge on any atom is 0.332 e. The third kappa shape index (κ3) is 3.36. The van der Waals surface area contributed by atoms with Crippen LogP contribution in [-0.4, -0.2) is 44.2 Å². The molecule has 6 nitrogen and oxygen atoms in total. The number of anilines is 1. The van der Waals surface area contributed by atoms with E-state index in [4.69, 9.17) is 0 Å². The first-order valence-electron chi connectivity index (χ1n) is 10.2. The van der Waals surface area contributed by atoms with E-state index >= 15 is 0 Å². The largest absolute Gasteiger partial charge is 0.332 e. The van der Waals surface area contributed by atoms with Crippen LogP contribution < -0.4 is 10.0 Å². The Balaban J connectivity index is 1.26. The number of fused-ring (bicyclic) bond motifs is 2. The molecule has 3 aliphatic carbocycles. The summed E-state index contributed by atoms with van der Waals surface area (Å²) in [5.41, 5.74) is 5.95. The Bertz CT molecular complexity index is 854. The van der Waals surface area contributed by atoms with Crippen LogP contribution in [0.1, 0.15) is 47.9 Å². The smallest absolute Gasteiger partial charge is 0.307 e. The molecule has 0 unspecified atom stereocenters. The first kappa shape index (κ1) is 17.5. The lowest BCUT2D eigenvalue weighted by Gasteiger charge is -2.38. The molecule has 0 spiro atoms. The fourth-order valence-electron chi connectivity index (χ4n) is 4.85. The van der Waals surface area contributed by atoms with Gasteiger partial charge in [-0.3, -0.25) is 0 Å². The molecule has 1 saturated carbocycles. The van der Waals surface area contributed by atoms with E-state index in [1.165, 1.54) is 35.1 Å². The molecule has 146 valence electrons. The van der Waals surface area contributed by atoms with Gasteiger partial charge in [-0.1, -0.05) is 6.07 Å². The van der Waals surface area contributed by atoms with Crippen LogP contribution in [0, 0.1) is 5.92 Å². The number of urea groups is 1. The summed E-state index contributed by atoms with van der Waals surface area (Å²) in [4.78, 5) is 14.7. The van der Waals surface area contributed by atoms with Crippen LogP contribution in [0.4, 0.5) is 10.5 Å². The van der Waals surface area contributed by atoms with Crippen molar-refractivity contribution >= 4 is 21.7 Å². The molecule has 0 radical (unpaired) electrons. The molecule has 0 aromatic heterocycles. The first-order valence-corrected chi connectivity index (χ1v) is 11.8. The number of carbonyl (C=O) groups excluding carboxylic acids is 1. The van der Waals surface area contributed by atoms with Gasteiger partial charge in [0.25, 0.3) is 0 Å². The summed E-state index contributed by atoms with van der Waals surface area (Å²) in [6.07, 6.45) is 8.76. The van der Waals surface area contributed by atoms with Crippen LogP contribution in [-0.2, 0) is 35.7 Å². The lowest BCUT2D eigenvalue weighted by Crippen LogP contribution is -2.58. The van der Waals surface area contributed by atoms with E-state index < -0.39 is 21.3 Å². The van der Waals surface area contributed by atoms with Crippen LogP contribution in [0.2, 0.25) is 0 Å². The van der Waals surface area contributed by atoms with Crippen LogP contribution in [0.5, 0.6) is 0 Å². The molecule has 1 aromatic rings. The molecule has 0 bridgehead atoms. The molecule has 2 amide bonds. The van der Waals surface area contributed by atoms with Crippen molar-refractivity contribution < 1.29 is 13.2 Å². The zero-order valence-electron chi connectivity index (χ0n) is 15.6. The number of likely N-dealkylation sites (tertiary alicyclic amines) is 1. The Morgan fingerprint density at radius 1 is 1.04 bits per heavy atom. The van der Waals surface area contributed by atoms with Crippen molar-refractivity contribution in [3.8, 4) is 0 Å². The molecular formula is C20H27N3O3S. The SMILES string of the molecule is O=C(Nc1c2c(cc3c1CCC3)CCC2)NS(=O)(=O)C1CN(CC2CC2)C1. The maximum absolute atomic E-state index is 12.5. The van der Waals surface area contributed by atoms with Crippen molar-refractivity contribution in [2.45, 2.75) is 56.6 Å². The Kier molecular flexibility index (Phi) is 4.20. The average Bonchev–Trinajstić information content (AvgIpc) is 3.05. The average molecular weight is 390 g/mol. The first-order chi connectivity index (χ1) is 13.0. The van der Waals surface area contributed by atoms with Gasteiger partial charge in [0.15, 0.2) is 0 Å². The van der Waals surface area contributed by atoms with E-state index in [9.17, 15) is 13.2 Å². The third-order valence-corrected chi connectivity index (χ3v) is 8.17. The Morgan fingerprint density at radius 3 is 2.26 bits per heavy atom. The molecule has 0 atom stereocenters. The van der Waals surface area contributed by atoms with Gasteiger partial charge in [-0.05, 0) is 79.5 Å². The lowest BCUT2D eigenvalue weighted by atomic mass is 9.99. The minimum atomic E-state index is -3.62. The van der Waals surface area contributed by atoms with Crippen LogP contribution in [0.15, 0.2) is 6.07 Å². The van der Waals surface area contributed by atoms with Gasteiger partial charge in [-0.25, -0.2) is 17.9 Å². The molecule has 1 saturated heterocycles. The fraction of sp³-hybridized carbons (Fsp3) is 0.650. The maximum atomic E-state index is 12.5. The molecule has 27 heavy (non-hydrogen) atoms. The molecule has 7 heteroatoms. The van der Waals surface area contributed by atoms with Crippen molar-refractivity contribution in [1.29, 1.82) is 0 Å². The summed E-state index contributed by atoms with van der Waals surface area (Å²) < 4.78 is 27.3. The van der Waals surface area contributed by atoms with Crippen LogP contribution in [0.25, 0.3) is 0 Å². The summed E-state index contributed by atoms with van der Waals surface area (Å²) in [7, 11) is -3.62. The number of hydrogen-bond donors (Lipinski definition) is 2. The minimum absolute atomic E-state index is 0.478. The monoisotopic (exact) mass is 389 g/mol. The Morgan fingerprint density at radius 2 is 1.67 bits per heavy atom. The molecule has 2 N–H and O–H groups in total. The number of carbonyl (C=O) groups is 1. The van der Waals surface area contributed by atoms with Crippen molar-refractivity contribution in [2.24, 2.45) is 5.92 Å².